The lowest BCUT2D eigenvalue weighted by Crippen LogP contribution is -2.31. The predicted octanol–water partition coefficient (Wildman–Crippen LogP) is 5.99. The third-order valence-electron chi connectivity index (χ3n) is 6.31. The Balaban J connectivity index is 1.57. The maximum absolute atomic E-state index is 13.2. The predicted molar refractivity (Wildman–Crippen MR) is 122 cm³/mol. The topological polar surface area (TPSA) is 95.5 Å². The van der Waals surface area contributed by atoms with Crippen molar-refractivity contribution in [1.82, 2.24) is 0 Å². The van der Waals surface area contributed by atoms with Crippen LogP contribution < -0.4 is 10.6 Å². The van der Waals surface area contributed by atoms with E-state index in [0.29, 0.717) is 30.7 Å². The first kappa shape index (κ1) is 24.5. The Morgan fingerprint density at radius 3 is 2.50 bits per heavy atom. The summed E-state index contributed by atoms with van der Waals surface area (Å²) < 4.78 is 39.6. The number of carboxylic acids is 1. The first-order chi connectivity index (χ1) is 16.0. The molecular weight excluding hydrogens is 493 g/mol. The highest BCUT2D eigenvalue weighted by Crippen LogP contribution is 2.41. The number of aryl methyl sites for hydroxylation is 1. The zero-order valence-electron chi connectivity index (χ0n) is 17.9. The van der Waals surface area contributed by atoms with Crippen molar-refractivity contribution in [2.45, 2.75) is 51.1 Å². The minimum atomic E-state index is -4.67. The van der Waals surface area contributed by atoms with E-state index in [2.05, 4.69) is 10.6 Å². The fourth-order valence-electron chi connectivity index (χ4n) is 4.61. The van der Waals surface area contributed by atoms with Gasteiger partial charge < -0.3 is 15.7 Å². The number of hydrogen-bond acceptors (Lipinski definition) is 4. The van der Waals surface area contributed by atoms with Crippen molar-refractivity contribution in [2.24, 2.45) is 11.8 Å². The average molecular weight is 515 g/mol. The van der Waals surface area contributed by atoms with Crippen molar-refractivity contribution < 1.29 is 32.7 Å². The van der Waals surface area contributed by atoms with E-state index in [9.17, 15) is 32.7 Å². The number of carbonyl (C=O) groups is 3. The van der Waals surface area contributed by atoms with Crippen LogP contribution in [0.1, 0.15) is 58.5 Å². The molecule has 34 heavy (non-hydrogen) atoms. The highest BCUT2D eigenvalue weighted by atomic mass is 35.5. The fourth-order valence-corrected chi connectivity index (χ4v) is 6.13. The van der Waals surface area contributed by atoms with Gasteiger partial charge in [-0.05, 0) is 62.3 Å². The lowest BCUT2D eigenvalue weighted by Gasteiger charge is -2.25. The molecule has 1 saturated carbocycles. The fraction of sp³-hybridized carbons (Fsp3) is 0.435. The number of halogens is 4. The summed E-state index contributed by atoms with van der Waals surface area (Å²) in [6, 6.07) is 3.14. The number of nitrogens with one attached hydrogen (secondary N) is 2. The SMILES string of the molecule is O=C(Nc1ccc(Cl)c(C(F)(F)F)c1)c1c(NC(=O)C2CCCC(C(=O)O)C2)sc2c1CCC2. The van der Waals surface area contributed by atoms with Crippen molar-refractivity contribution >= 4 is 51.4 Å². The van der Waals surface area contributed by atoms with Gasteiger partial charge in [-0.15, -0.1) is 11.3 Å². The van der Waals surface area contributed by atoms with Gasteiger partial charge in [0.1, 0.15) is 5.00 Å². The number of alkyl halides is 3. The van der Waals surface area contributed by atoms with Crippen LogP contribution in [0.25, 0.3) is 0 Å². The number of hydrogen-bond donors (Lipinski definition) is 3. The Morgan fingerprint density at radius 1 is 1.06 bits per heavy atom. The summed E-state index contributed by atoms with van der Waals surface area (Å²) in [5, 5.41) is 14.5. The minimum Gasteiger partial charge on any atom is -0.481 e. The largest absolute Gasteiger partial charge is 0.481 e. The van der Waals surface area contributed by atoms with Crippen molar-refractivity contribution in [3.63, 3.8) is 0 Å². The first-order valence-electron chi connectivity index (χ1n) is 10.9. The number of aliphatic carboxylic acids is 1. The molecule has 2 aromatic rings. The van der Waals surface area contributed by atoms with E-state index in [-0.39, 0.29) is 23.6 Å². The van der Waals surface area contributed by atoms with Gasteiger partial charge in [0.15, 0.2) is 0 Å². The van der Waals surface area contributed by atoms with Gasteiger partial charge in [-0.2, -0.15) is 13.2 Å². The number of rotatable bonds is 5. The van der Waals surface area contributed by atoms with Crippen molar-refractivity contribution in [3.05, 3.63) is 44.8 Å². The summed E-state index contributed by atoms with van der Waals surface area (Å²) in [4.78, 5) is 38.4. The Labute approximate surface area is 202 Å². The molecule has 1 heterocycles. The first-order valence-corrected chi connectivity index (χ1v) is 12.1. The Morgan fingerprint density at radius 2 is 1.79 bits per heavy atom. The molecular formula is C23H22ClF3N2O4S. The highest BCUT2D eigenvalue weighted by molar-refractivity contribution is 7.17. The van der Waals surface area contributed by atoms with Gasteiger partial charge in [0.05, 0.1) is 22.1 Å². The number of benzene rings is 1. The molecule has 2 unspecified atom stereocenters. The van der Waals surface area contributed by atoms with E-state index in [1.165, 1.54) is 17.4 Å². The maximum atomic E-state index is 13.2. The van der Waals surface area contributed by atoms with Crippen molar-refractivity contribution in [2.75, 3.05) is 10.6 Å². The second-order valence-electron chi connectivity index (χ2n) is 8.60. The minimum absolute atomic E-state index is 0.0615. The Kier molecular flexibility index (Phi) is 6.91. The zero-order valence-corrected chi connectivity index (χ0v) is 19.5. The number of carboxylic acid groups (broad SMARTS) is 1. The summed E-state index contributed by atoms with van der Waals surface area (Å²) >= 11 is 6.95. The molecule has 0 radical (unpaired) electrons. The van der Waals surface area contributed by atoms with Gasteiger partial charge in [0.2, 0.25) is 5.91 Å². The number of carbonyl (C=O) groups excluding carboxylic acids is 2. The molecule has 2 atom stereocenters. The van der Waals surface area contributed by atoms with E-state index in [4.69, 9.17) is 11.6 Å². The lowest BCUT2D eigenvalue weighted by molar-refractivity contribution is -0.143. The van der Waals surface area contributed by atoms with E-state index in [0.717, 1.165) is 35.4 Å². The van der Waals surface area contributed by atoms with Crippen LogP contribution in [0.15, 0.2) is 18.2 Å². The zero-order chi connectivity index (χ0) is 24.6. The summed E-state index contributed by atoms with van der Waals surface area (Å²) in [6.45, 7) is 0. The molecule has 2 aliphatic rings. The molecule has 11 heteroatoms. The third-order valence-corrected chi connectivity index (χ3v) is 7.85. The monoisotopic (exact) mass is 514 g/mol. The standard InChI is InChI=1S/C23H22ClF3N2O4S/c24-16-8-7-13(10-15(16)23(25,26)27)28-20(31)18-14-5-2-6-17(14)34-21(18)29-19(30)11-3-1-4-12(9-11)22(32)33/h7-8,10-12H,1-6,9H2,(H,28,31)(H,29,30)(H,32,33). The number of fused-ring (bicyclic) bond motifs is 1. The highest BCUT2D eigenvalue weighted by Gasteiger charge is 2.35. The van der Waals surface area contributed by atoms with Crippen LogP contribution in [-0.2, 0) is 28.6 Å². The number of thiophene rings is 1. The number of amides is 2. The molecule has 2 aliphatic carbocycles. The molecule has 0 saturated heterocycles. The van der Waals surface area contributed by atoms with Gasteiger partial charge in [0.25, 0.3) is 5.91 Å². The summed E-state index contributed by atoms with van der Waals surface area (Å²) in [6.07, 6.45) is -0.496. The van der Waals surface area contributed by atoms with Crippen LogP contribution in [-0.4, -0.2) is 22.9 Å². The normalized spacial score (nSPS) is 20.0. The van der Waals surface area contributed by atoms with Gasteiger partial charge in [-0.25, -0.2) is 0 Å². The third kappa shape index (κ3) is 5.07. The van der Waals surface area contributed by atoms with Crippen molar-refractivity contribution in [3.8, 4) is 0 Å². The summed E-state index contributed by atoms with van der Waals surface area (Å²) in [7, 11) is 0. The molecule has 0 bridgehead atoms. The van der Waals surface area contributed by atoms with Gasteiger partial charge in [-0.3, -0.25) is 14.4 Å². The second-order valence-corrected chi connectivity index (χ2v) is 10.1. The maximum Gasteiger partial charge on any atom is 0.417 e. The van der Waals surface area contributed by atoms with Crippen LogP contribution in [0.5, 0.6) is 0 Å². The number of anilines is 2. The van der Waals surface area contributed by atoms with Crippen LogP contribution in [0.2, 0.25) is 5.02 Å². The molecule has 6 nitrogen and oxygen atoms in total. The summed E-state index contributed by atoms with van der Waals surface area (Å²) in [5.74, 6) is -2.93. The molecule has 0 spiro atoms. The molecule has 1 aromatic carbocycles. The van der Waals surface area contributed by atoms with Crippen LogP contribution in [0.4, 0.5) is 23.9 Å². The quantitative estimate of drug-likeness (QED) is 0.456. The van der Waals surface area contributed by atoms with Crippen molar-refractivity contribution in [1.29, 1.82) is 0 Å². The molecule has 3 N–H and O–H groups in total. The molecule has 1 aromatic heterocycles. The Bertz CT molecular complexity index is 1150. The van der Waals surface area contributed by atoms with Crippen LogP contribution >= 0.6 is 22.9 Å². The Hall–Kier alpha value is -2.59. The molecule has 1 fully saturated rings. The average Bonchev–Trinajstić information content (AvgIpc) is 3.35. The molecule has 0 aliphatic heterocycles. The van der Waals surface area contributed by atoms with Gasteiger partial charge >= 0.3 is 12.1 Å². The molecule has 182 valence electrons. The smallest absolute Gasteiger partial charge is 0.417 e. The summed E-state index contributed by atoms with van der Waals surface area (Å²) in [5.41, 5.74) is -0.0790. The van der Waals surface area contributed by atoms with E-state index < -0.39 is 40.5 Å². The second kappa shape index (κ2) is 9.58. The van der Waals surface area contributed by atoms with Crippen LogP contribution in [0.3, 0.4) is 0 Å². The molecule has 4 rings (SSSR count). The van der Waals surface area contributed by atoms with E-state index >= 15 is 0 Å². The van der Waals surface area contributed by atoms with Crippen LogP contribution in [0, 0.1) is 11.8 Å². The molecule has 2 amide bonds. The lowest BCUT2D eigenvalue weighted by atomic mass is 9.81. The van der Waals surface area contributed by atoms with Gasteiger partial charge in [-0.1, -0.05) is 18.0 Å². The van der Waals surface area contributed by atoms with E-state index in [1.807, 2.05) is 0 Å². The van der Waals surface area contributed by atoms with Gasteiger partial charge in [0, 0.05) is 16.5 Å². The van der Waals surface area contributed by atoms with E-state index in [1.54, 1.807) is 0 Å².